The van der Waals surface area contributed by atoms with Crippen LogP contribution < -0.4 is 24.4 Å². The number of H-pyrrole nitrogens is 1. The summed E-state index contributed by atoms with van der Waals surface area (Å²) in [5.74, 6) is 1.44. The van der Waals surface area contributed by atoms with Gasteiger partial charge in [-0.1, -0.05) is 0 Å². The first kappa shape index (κ1) is 26.4. The van der Waals surface area contributed by atoms with Crippen LogP contribution in [0.3, 0.4) is 0 Å². The molecule has 1 aliphatic heterocycles. The Labute approximate surface area is 230 Å². The first-order chi connectivity index (χ1) is 18.7. The van der Waals surface area contributed by atoms with Crippen LogP contribution in [0.25, 0.3) is 21.9 Å². The molecule has 0 saturated carbocycles. The quantitative estimate of drug-likeness (QED) is 0.295. The molecule has 2 aromatic heterocycles. The number of nitrogens with zero attached hydrogens (tertiary/aromatic N) is 4. The monoisotopic (exact) mass is 569 g/mol. The molecule has 39 heavy (non-hydrogen) atoms. The summed E-state index contributed by atoms with van der Waals surface area (Å²) in [5, 5.41) is 5.55. The zero-order chi connectivity index (χ0) is 27.7. The molecule has 5 rings (SSSR count). The third-order valence-electron chi connectivity index (χ3n) is 6.43. The normalized spacial score (nSPS) is 13.9. The highest BCUT2D eigenvalue weighted by Crippen LogP contribution is 2.38. The van der Waals surface area contributed by atoms with E-state index in [1.54, 1.807) is 32.7 Å². The molecular formula is C25H27N7O5S2. The van der Waals surface area contributed by atoms with Crippen LogP contribution in [-0.4, -0.2) is 79.7 Å². The van der Waals surface area contributed by atoms with E-state index in [2.05, 4.69) is 30.1 Å². The molecule has 1 aliphatic rings. The molecule has 0 unspecified atom stereocenters. The standard InChI is InChI=1S/C25H27N7O5S2/c1-15(33)30-39(34,35)17-6-4-16(5-7-17)28-25(38)32-10-8-31(9-11-32)24-22-18-12-20(36-2)21(37-3)13-19(18)29-23(22)26-14-27-24/h4-7,12-14H,8-11H2,1-3H3,(H,28,38)(H,30,33)(H,26,27,29). The summed E-state index contributed by atoms with van der Waals surface area (Å²) in [4.78, 5) is 27.8. The second kappa shape index (κ2) is 10.5. The van der Waals surface area contributed by atoms with Crippen molar-refractivity contribution in [1.82, 2.24) is 24.6 Å². The van der Waals surface area contributed by atoms with Crippen molar-refractivity contribution in [2.45, 2.75) is 11.8 Å². The maximum Gasteiger partial charge on any atom is 0.264 e. The Balaban J connectivity index is 1.29. The van der Waals surface area contributed by atoms with E-state index in [-0.39, 0.29) is 4.90 Å². The number of carbonyl (C=O) groups is 1. The topological polar surface area (TPSA) is 142 Å². The minimum Gasteiger partial charge on any atom is -0.493 e. The number of hydrogen-bond donors (Lipinski definition) is 3. The van der Waals surface area contributed by atoms with Gasteiger partial charge in [-0.15, -0.1) is 0 Å². The van der Waals surface area contributed by atoms with Gasteiger partial charge in [0.05, 0.1) is 30.0 Å². The van der Waals surface area contributed by atoms with Gasteiger partial charge >= 0.3 is 0 Å². The number of aromatic amines is 1. The van der Waals surface area contributed by atoms with Crippen LogP contribution in [0.15, 0.2) is 47.6 Å². The van der Waals surface area contributed by atoms with E-state index in [0.717, 1.165) is 34.7 Å². The number of fused-ring (bicyclic) bond motifs is 3. The highest BCUT2D eigenvalue weighted by molar-refractivity contribution is 7.90. The number of methoxy groups -OCH3 is 2. The van der Waals surface area contributed by atoms with Gasteiger partial charge in [0.25, 0.3) is 10.0 Å². The molecule has 204 valence electrons. The molecule has 0 radical (unpaired) electrons. The SMILES string of the molecule is COc1cc2[nH]c3ncnc(N4CCN(C(=S)Nc5ccc(S(=O)(=O)NC(C)=O)cc5)CC4)c3c2cc1OC. The number of ether oxygens (including phenoxy) is 2. The second-order valence-electron chi connectivity index (χ2n) is 8.89. The minimum absolute atomic E-state index is 0.00714. The van der Waals surface area contributed by atoms with Crippen molar-refractivity contribution in [3.63, 3.8) is 0 Å². The second-order valence-corrected chi connectivity index (χ2v) is 11.0. The molecule has 1 saturated heterocycles. The van der Waals surface area contributed by atoms with E-state index in [4.69, 9.17) is 21.7 Å². The number of hydrogen-bond acceptors (Lipinski definition) is 9. The molecule has 0 aliphatic carbocycles. The fraction of sp³-hybridized carbons (Fsp3) is 0.280. The number of rotatable bonds is 6. The lowest BCUT2D eigenvalue weighted by Gasteiger charge is -2.37. The predicted octanol–water partition coefficient (Wildman–Crippen LogP) is 2.47. The highest BCUT2D eigenvalue weighted by Gasteiger charge is 2.24. The summed E-state index contributed by atoms with van der Waals surface area (Å²) in [6.45, 7) is 3.83. The van der Waals surface area contributed by atoms with Crippen molar-refractivity contribution in [3.05, 3.63) is 42.7 Å². The Morgan fingerprint density at radius 2 is 1.69 bits per heavy atom. The molecule has 2 aromatic carbocycles. The molecule has 1 fully saturated rings. The van der Waals surface area contributed by atoms with Gasteiger partial charge in [-0.3, -0.25) is 4.79 Å². The smallest absolute Gasteiger partial charge is 0.264 e. The molecule has 1 amide bonds. The predicted molar refractivity (Wildman–Crippen MR) is 152 cm³/mol. The van der Waals surface area contributed by atoms with Crippen LogP contribution in [0.1, 0.15) is 6.92 Å². The van der Waals surface area contributed by atoms with E-state index in [1.807, 2.05) is 16.9 Å². The van der Waals surface area contributed by atoms with Gasteiger partial charge in [0.1, 0.15) is 17.8 Å². The summed E-state index contributed by atoms with van der Waals surface area (Å²) in [6.07, 6.45) is 1.55. The Morgan fingerprint density at radius 1 is 1.03 bits per heavy atom. The average Bonchev–Trinajstić information content (AvgIpc) is 3.29. The van der Waals surface area contributed by atoms with Crippen molar-refractivity contribution in [2.75, 3.05) is 50.6 Å². The number of aromatic nitrogens is 3. The summed E-state index contributed by atoms with van der Waals surface area (Å²) < 4.78 is 37.2. The number of thiocarbonyl (C=S) groups is 1. The molecule has 3 N–H and O–H groups in total. The lowest BCUT2D eigenvalue weighted by molar-refractivity contribution is -0.117. The minimum atomic E-state index is -3.89. The van der Waals surface area contributed by atoms with Crippen molar-refractivity contribution in [2.24, 2.45) is 0 Å². The summed E-state index contributed by atoms with van der Waals surface area (Å²) in [7, 11) is -0.686. The van der Waals surface area contributed by atoms with Crippen LogP contribution in [0.4, 0.5) is 11.5 Å². The number of benzene rings is 2. The Hall–Kier alpha value is -4.17. The Kier molecular flexibility index (Phi) is 7.14. The number of anilines is 2. The largest absolute Gasteiger partial charge is 0.493 e. The highest BCUT2D eigenvalue weighted by atomic mass is 32.2. The molecule has 0 atom stereocenters. The summed E-state index contributed by atoms with van der Waals surface area (Å²) in [5.41, 5.74) is 2.25. The van der Waals surface area contributed by atoms with Crippen molar-refractivity contribution >= 4 is 66.7 Å². The van der Waals surface area contributed by atoms with Crippen molar-refractivity contribution in [3.8, 4) is 11.5 Å². The third kappa shape index (κ3) is 5.25. The molecule has 12 nitrogen and oxygen atoms in total. The van der Waals surface area contributed by atoms with Gasteiger partial charge in [0.2, 0.25) is 5.91 Å². The number of amides is 1. The number of nitrogens with one attached hydrogen (secondary N) is 3. The van der Waals surface area contributed by atoms with E-state index in [0.29, 0.717) is 48.5 Å². The van der Waals surface area contributed by atoms with Crippen LogP contribution in [0.2, 0.25) is 0 Å². The van der Waals surface area contributed by atoms with Crippen molar-refractivity contribution < 1.29 is 22.7 Å². The summed E-state index contributed by atoms with van der Waals surface area (Å²) >= 11 is 5.62. The molecule has 14 heteroatoms. The first-order valence-corrected chi connectivity index (χ1v) is 13.9. The number of carbonyl (C=O) groups excluding carboxylic acids is 1. The fourth-order valence-corrected chi connectivity index (χ4v) is 5.86. The first-order valence-electron chi connectivity index (χ1n) is 12.0. The molecule has 0 spiro atoms. The average molecular weight is 570 g/mol. The molecule has 3 heterocycles. The lowest BCUT2D eigenvalue weighted by atomic mass is 10.1. The van der Waals surface area contributed by atoms with E-state index in [1.165, 1.54) is 12.1 Å². The Bertz CT molecular complexity index is 1660. The van der Waals surface area contributed by atoms with Gasteiger partial charge in [-0.25, -0.2) is 23.1 Å². The van der Waals surface area contributed by atoms with Gasteiger partial charge in [-0.2, -0.15) is 0 Å². The lowest BCUT2D eigenvalue weighted by Crippen LogP contribution is -2.50. The van der Waals surface area contributed by atoms with E-state index in [9.17, 15) is 13.2 Å². The van der Waals surface area contributed by atoms with Gasteiger partial charge < -0.3 is 29.6 Å². The fourth-order valence-electron chi connectivity index (χ4n) is 4.57. The van der Waals surface area contributed by atoms with Crippen LogP contribution >= 0.6 is 12.2 Å². The van der Waals surface area contributed by atoms with Crippen LogP contribution in [-0.2, 0) is 14.8 Å². The summed E-state index contributed by atoms with van der Waals surface area (Å²) in [6, 6.07) is 9.87. The zero-order valence-electron chi connectivity index (χ0n) is 21.5. The molecule has 0 bridgehead atoms. The van der Waals surface area contributed by atoms with Crippen LogP contribution in [0.5, 0.6) is 11.5 Å². The van der Waals surface area contributed by atoms with E-state index >= 15 is 0 Å². The van der Waals surface area contributed by atoms with Gasteiger partial charge in [-0.05, 0) is 42.5 Å². The van der Waals surface area contributed by atoms with Gasteiger partial charge in [0, 0.05) is 50.2 Å². The molecule has 4 aromatic rings. The van der Waals surface area contributed by atoms with Gasteiger partial charge in [0.15, 0.2) is 16.6 Å². The number of sulfonamides is 1. The zero-order valence-corrected chi connectivity index (χ0v) is 23.1. The van der Waals surface area contributed by atoms with Crippen molar-refractivity contribution in [1.29, 1.82) is 0 Å². The molecular weight excluding hydrogens is 542 g/mol. The number of piperazine rings is 1. The maximum atomic E-state index is 12.2. The maximum absolute atomic E-state index is 12.2. The third-order valence-corrected chi connectivity index (χ3v) is 8.24. The van der Waals surface area contributed by atoms with E-state index < -0.39 is 15.9 Å². The Morgan fingerprint density at radius 3 is 2.33 bits per heavy atom. The van der Waals surface area contributed by atoms with Crippen LogP contribution in [0, 0.1) is 0 Å².